The molecule has 6 nitrogen and oxygen atoms in total. The molecule has 0 amide bonds. The fourth-order valence-electron chi connectivity index (χ4n) is 1.98. The minimum Gasteiger partial charge on any atom is -0.443 e. The molecular formula is C14H15N5O. The molecular weight excluding hydrogens is 254 g/mol. The third-order valence-corrected chi connectivity index (χ3v) is 3.04. The van der Waals surface area contributed by atoms with E-state index in [1.54, 1.807) is 0 Å². The number of rotatable bonds is 5. The third kappa shape index (κ3) is 2.69. The van der Waals surface area contributed by atoms with Crippen LogP contribution >= 0.6 is 0 Å². The highest BCUT2D eigenvalue weighted by Gasteiger charge is 2.01. The van der Waals surface area contributed by atoms with E-state index in [0.717, 1.165) is 35.7 Å². The highest BCUT2D eigenvalue weighted by Crippen LogP contribution is 2.15. The molecule has 20 heavy (non-hydrogen) atoms. The first-order chi connectivity index (χ1) is 9.85. The molecule has 0 spiro atoms. The van der Waals surface area contributed by atoms with Gasteiger partial charge in [0.25, 0.3) is 0 Å². The summed E-state index contributed by atoms with van der Waals surface area (Å²) < 4.78 is 5.29. The van der Waals surface area contributed by atoms with Crippen LogP contribution < -0.4 is 10.6 Å². The zero-order chi connectivity index (χ0) is 13.8. The summed E-state index contributed by atoms with van der Waals surface area (Å²) in [4.78, 5) is 12.3. The Morgan fingerprint density at radius 1 is 1.10 bits per heavy atom. The first kappa shape index (κ1) is 12.4. The molecule has 6 heteroatoms. The maximum atomic E-state index is 5.29. The van der Waals surface area contributed by atoms with Gasteiger partial charge in [-0.3, -0.25) is 0 Å². The van der Waals surface area contributed by atoms with E-state index in [4.69, 9.17) is 4.42 Å². The predicted octanol–water partition coefficient (Wildman–Crippen LogP) is 2.31. The average molecular weight is 269 g/mol. The second-order valence-electron chi connectivity index (χ2n) is 4.37. The summed E-state index contributed by atoms with van der Waals surface area (Å²) in [7, 11) is 1.83. The molecule has 102 valence electrons. The average Bonchev–Trinajstić information content (AvgIpc) is 2.95. The number of hydrogen-bond acceptors (Lipinski definition) is 6. The zero-order valence-electron chi connectivity index (χ0n) is 11.1. The van der Waals surface area contributed by atoms with Crippen LogP contribution in [0.5, 0.6) is 0 Å². The standard InChI is InChI=1S/C14H15N5O/c1-15-13-7-14(18-8-17-13)16-5-4-10-2-3-11-12(6-10)20-9-19-11/h2-3,6-9H,4-5H2,1H3,(H2,15,16,17,18). The fraction of sp³-hybridized carbons (Fsp3) is 0.214. The minimum atomic E-state index is 0.791. The molecule has 1 aromatic carbocycles. The number of nitrogens with zero attached hydrogens (tertiary/aromatic N) is 3. The smallest absolute Gasteiger partial charge is 0.181 e. The Hall–Kier alpha value is -2.63. The summed E-state index contributed by atoms with van der Waals surface area (Å²) in [6, 6.07) is 7.92. The zero-order valence-corrected chi connectivity index (χ0v) is 11.1. The highest BCUT2D eigenvalue weighted by atomic mass is 16.3. The van der Waals surface area contributed by atoms with Crippen LogP contribution in [-0.2, 0) is 6.42 Å². The second-order valence-corrected chi connectivity index (χ2v) is 4.37. The van der Waals surface area contributed by atoms with E-state index in [2.05, 4.69) is 31.7 Å². The van der Waals surface area contributed by atoms with Crippen molar-refractivity contribution in [3.63, 3.8) is 0 Å². The molecule has 0 radical (unpaired) electrons. The van der Waals surface area contributed by atoms with Gasteiger partial charge in [-0.05, 0) is 24.1 Å². The van der Waals surface area contributed by atoms with Crippen LogP contribution in [0.25, 0.3) is 11.1 Å². The molecule has 0 atom stereocenters. The normalized spacial score (nSPS) is 10.7. The second kappa shape index (κ2) is 5.56. The van der Waals surface area contributed by atoms with Crippen LogP contribution in [0.4, 0.5) is 11.6 Å². The van der Waals surface area contributed by atoms with Crippen molar-refractivity contribution in [2.75, 3.05) is 24.2 Å². The van der Waals surface area contributed by atoms with Crippen molar-refractivity contribution in [3.05, 3.63) is 42.5 Å². The summed E-state index contributed by atoms with van der Waals surface area (Å²) >= 11 is 0. The summed E-state index contributed by atoms with van der Waals surface area (Å²) in [5.41, 5.74) is 2.91. The molecule has 3 rings (SSSR count). The van der Waals surface area contributed by atoms with E-state index in [1.165, 1.54) is 18.3 Å². The van der Waals surface area contributed by atoms with E-state index in [0.29, 0.717) is 0 Å². The topological polar surface area (TPSA) is 75.9 Å². The maximum absolute atomic E-state index is 5.29. The van der Waals surface area contributed by atoms with Gasteiger partial charge in [-0.15, -0.1) is 0 Å². The molecule has 0 aliphatic carbocycles. The first-order valence-electron chi connectivity index (χ1n) is 6.41. The van der Waals surface area contributed by atoms with Gasteiger partial charge in [0.1, 0.15) is 23.5 Å². The molecule has 0 fully saturated rings. The molecule has 0 bridgehead atoms. The molecule has 2 N–H and O–H groups in total. The van der Waals surface area contributed by atoms with E-state index in [1.807, 2.05) is 25.2 Å². The summed E-state index contributed by atoms with van der Waals surface area (Å²) in [5.74, 6) is 1.61. The number of nitrogens with one attached hydrogen (secondary N) is 2. The summed E-state index contributed by atoms with van der Waals surface area (Å²) in [6.45, 7) is 0.791. The molecule has 0 saturated carbocycles. The van der Waals surface area contributed by atoms with Crippen molar-refractivity contribution >= 4 is 22.7 Å². The lowest BCUT2D eigenvalue weighted by Gasteiger charge is -2.06. The van der Waals surface area contributed by atoms with Crippen LogP contribution in [0.3, 0.4) is 0 Å². The van der Waals surface area contributed by atoms with Gasteiger partial charge in [-0.1, -0.05) is 6.07 Å². The van der Waals surface area contributed by atoms with Crippen LogP contribution in [0.1, 0.15) is 5.56 Å². The van der Waals surface area contributed by atoms with Crippen molar-refractivity contribution in [1.29, 1.82) is 0 Å². The number of fused-ring (bicyclic) bond motifs is 1. The first-order valence-corrected chi connectivity index (χ1v) is 6.41. The third-order valence-electron chi connectivity index (χ3n) is 3.04. The number of aromatic nitrogens is 3. The SMILES string of the molecule is CNc1cc(NCCc2ccc3ncoc3c2)ncn1. The fourth-order valence-corrected chi connectivity index (χ4v) is 1.98. The molecule has 0 aliphatic heterocycles. The Labute approximate surface area is 116 Å². The quantitative estimate of drug-likeness (QED) is 0.740. The summed E-state index contributed by atoms with van der Waals surface area (Å²) in [5, 5.41) is 6.25. The van der Waals surface area contributed by atoms with E-state index < -0.39 is 0 Å². The van der Waals surface area contributed by atoms with Gasteiger partial charge < -0.3 is 15.1 Å². The van der Waals surface area contributed by atoms with Crippen molar-refractivity contribution in [2.24, 2.45) is 0 Å². The monoisotopic (exact) mass is 269 g/mol. The molecule has 0 unspecified atom stereocenters. The molecule has 2 aromatic heterocycles. The van der Waals surface area contributed by atoms with Gasteiger partial charge in [0.05, 0.1) is 0 Å². The van der Waals surface area contributed by atoms with Gasteiger partial charge in [0.2, 0.25) is 0 Å². The van der Waals surface area contributed by atoms with Gasteiger partial charge in [0.15, 0.2) is 12.0 Å². The van der Waals surface area contributed by atoms with Crippen LogP contribution in [0.2, 0.25) is 0 Å². The predicted molar refractivity (Wildman–Crippen MR) is 77.8 cm³/mol. The minimum absolute atomic E-state index is 0.791. The van der Waals surface area contributed by atoms with Crippen molar-refractivity contribution in [3.8, 4) is 0 Å². The van der Waals surface area contributed by atoms with Crippen LogP contribution in [0.15, 0.2) is 41.4 Å². The Balaban J connectivity index is 1.61. The van der Waals surface area contributed by atoms with E-state index >= 15 is 0 Å². The van der Waals surface area contributed by atoms with Crippen LogP contribution in [0, 0.1) is 0 Å². The lowest BCUT2D eigenvalue weighted by Crippen LogP contribution is -2.07. The molecule has 2 heterocycles. The van der Waals surface area contributed by atoms with Crippen molar-refractivity contribution < 1.29 is 4.42 Å². The number of benzene rings is 1. The lowest BCUT2D eigenvalue weighted by atomic mass is 10.1. The summed E-state index contributed by atoms with van der Waals surface area (Å²) in [6.07, 6.45) is 3.89. The van der Waals surface area contributed by atoms with Crippen molar-refractivity contribution in [2.45, 2.75) is 6.42 Å². The Morgan fingerprint density at radius 2 is 2.00 bits per heavy atom. The lowest BCUT2D eigenvalue weighted by molar-refractivity contribution is 0.601. The molecule has 0 saturated heterocycles. The van der Waals surface area contributed by atoms with Crippen molar-refractivity contribution in [1.82, 2.24) is 15.0 Å². The Kier molecular flexibility index (Phi) is 3.45. The van der Waals surface area contributed by atoms with Gasteiger partial charge in [-0.2, -0.15) is 0 Å². The number of anilines is 2. The Morgan fingerprint density at radius 3 is 2.90 bits per heavy atom. The largest absolute Gasteiger partial charge is 0.443 e. The van der Waals surface area contributed by atoms with E-state index in [-0.39, 0.29) is 0 Å². The maximum Gasteiger partial charge on any atom is 0.181 e. The molecule has 3 aromatic rings. The van der Waals surface area contributed by atoms with Crippen LogP contribution in [-0.4, -0.2) is 28.5 Å². The number of hydrogen-bond donors (Lipinski definition) is 2. The Bertz CT molecular complexity index is 709. The molecule has 0 aliphatic rings. The van der Waals surface area contributed by atoms with Gasteiger partial charge in [-0.25, -0.2) is 15.0 Å². The van der Waals surface area contributed by atoms with Gasteiger partial charge >= 0.3 is 0 Å². The van der Waals surface area contributed by atoms with E-state index in [9.17, 15) is 0 Å². The number of oxazole rings is 1. The van der Waals surface area contributed by atoms with Gasteiger partial charge in [0, 0.05) is 19.7 Å². The highest BCUT2D eigenvalue weighted by molar-refractivity contribution is 5.72.